The van der Waals surface area contributed by atoms with Crippen LogP contribution in [0.4, 0.5) is 11.4 Å². The van der Waals surface area contributed by atoms with Crippen LogP contribution in [0.15, 0.2) is 71.6 Å². The fourth-order valence-corrected chi connectivity index (χ4v) is 4.94. The Morgan fingerprint density at radius 2 is 1.84 bits per heavy atom. The number of amides is 2. The van der Waals surface area contributed by atoms with Crippen molar-refractivity contribution in [2.75, 3.05) is 30.5 Å². The van der Waals surface area contributed by atoms with Crippen LogP contribution in [-0.2, 0) is 9.59 Å². The lowest BCUT2D eigenvalue weighted by Crippen LogP contribution is -2.27. The van der Waals surface area contributed by atoms with Gasteiger partial charge in [-0.2, -0.15) is 0 Å². The molecular weight excluding hydrogens is 508 g/mol. The van der Waals surface area contributed by atoms with E-state index in [-0.39, 0.29) is 18.4 Å². The number of rotatable bonds is 9. The van der Waals surface area contributed by atoms with E-state index >= 15 is 0 Å². The third-order valence-corrected chi connectivity index (χ3v) is 6.65. The Labute approximate surface area is 225 Å². The second kappa shape index (κ2) is 11.9. The van der Waals surface area contributed by atoms with Gasteiger partial charge in [0.25, 0.3) is 11.8 Å². The smallest absolute Gasteiger partial charge is 0.270 e. The topological polar surface area (TPSA) is 77.1 Å². The summed E-state index contributed by atoms with van der Waals surface area (Å²) in [4.78, 5) is 27.5. The molecule has 0 aliphatic carbocycles. The van der Waals surface area contributed by atoms with E-state index in [4.69, 9.17) is 26.4 Å². The quantitative estimate of drug-likeness (QED) is 0.274. The number of nitrogens with zero attached hydrogens (tertiary/aromatic N) is 1. The van der Waals surface area contributed by atoms with Crippen molar-refractivity contribution in [2.24, 2.45) is 0 Å². The maximum atomic E-state index is 13.1. The van der Waals surface area contributed by atoms with Crippen LogP contribution in [0.1, 0.15) is 18.1 Å². The van der Waals surface area contributed by atoms with Gasteiger partial charge in [0.2, 0.25) is 0 Å². The predicted molar refractivity (Wildman–Crippen MR) is 152 cm³/mol. The van der Waals surface area contributed by atoms with Crippen LogP contribution in [0.5, 0.6) is 17.2 Å². The molecule has 0 atom stereocenters. The molecule has 1 aliphatic rings. The third kappa shape index (κ3) is 6.49. The van der Waals surface area contributed by atoms with E-state index in [1.165, 1.54) is 16.7 Å². The van der Waals surface area contributed by atoms with Crippen molar-refractivity contribution in [3.63, 3.8) is 0 Å². The molecule has 9 heteroatoms. The highest BCUT2D eigenvalue weighted by Crippen LogP contribution is 2.37. The fourth-order valence-electron chi connectivity index (χ4n) is 3.64. The van der Waals surface area contributed by atoms with Crippen molar-refractivity contribution in [3.8, 4) is 17.2 Å². The summed E-state index contributed by atoms with van der Waals surface area (Å²) in [5.74, 6) is 1.13. The number of nitrogens with one attached hydrogen (secondary N) is 1. The second-order valence-corrected chi connectivity index (χ2v) is 9.74. The summed E-state index contributed by atoms with van der Waals surface area (Å²) in [6.45, 7) is 4.06. The molecule has 1 aliphatic heterocycles. The van der Waals surface area contributed by atoms with E-state index in [0.29, 0.717) is 44.5 Å². The van der Waals surface area contributed by atoms with Crippen molar-refractivity contribution < 1.29 is 23.8 Å². The molecule has 4 rings (SSSR count). The van der Waals surface area contributed by atoms with Gasteiger partial charge in [0.05, 0.1) is 24.3 Å². The maximum Gasteiger partial charge on any atom is 0.270 e. The largest absolute Gasteiger partial charge is 0.497 e. The first-order valence-electron chi connectivity index (χ1n) is 11.6. The number of hydrogen-bond donors (Lipinski definition) is 1. The summed E-state index contributed by atoms with van der Waals surface area (Å²) in [6.07, 6.45) is 1.76. The molecule has 0 unspecified atom stereocenters. The predicted octanol–water partition coefficient (Wildman–Crippen LogP) is 5.83. The van der Waals surface area contributed by atoms with Gasteiger partial charge < -0.3 is 19.5 Å². The first-order chi connectivity index (χ1) is 17.9. The Balaban J connectivity index is 1.47. The normalized spacial score (nSPS) is 14.1. The van der Waals surface area contributed by atoms with Gasteiger partial charge in [-0.05, 0) is 79.6 Å². The fraction of sp³-hybridized carbons (Fsp3) is 0.179. The number of thioether (sulfide) groups is 1. The van der Waals surface area contributed by atoms with Gasteiger partial charge in [0.1, 0.15) is 5.75 Å². The number of hydrogen-bond acceptors (Lipinski definition) is 7. The molecule has 1 N–H and O–H groups in total. The lowest BCUT2D eigenvalue weighted by molar-refractivity contribution is -0.118. The van der Waals surface area contributed by atoms with Crippen LogP contribution >= 0.6 is 24.0 Å². The average Bonchev–Trinajstić information content (AvgIpc) is 3.16. The molecule has 1 heterocycles. The minimum absolute atomic E-state index is 0.173. The summed E-state index contributed by atoms with van der Waals surface area (Å²) < 4.78 is 17.1. The van der Waals surface area contributed by atoms with Gasteiger partial charge in [0, 0.05) is 5.69 Å². The number of ether oxygens (including phenoxy) is 3. The summed E-state index contributed by atoms with van der Waals surface area (Å²) in [5.41, 5.74) is 3.18. The molecule has 0 bridgehead atoms. The van der Waals surface area contributed by atoms with Crippen LogP contribution in [0, 0.1) is 6.92 Å². The molecule has 0 spiro atoms. The highest BCUT2D eigenvalue weighted by atomic mass is 32.2. The molecule has 0 aromatic heterocycles. The van der Waals surface area contributed by atoms with Gasteiger partial charge in [-0.25, -0.2) is 0 Å². The van der Waals surface area contributed by atoms with E-state index in [0.717, 1.165) is 11.1 Å². The van der Waals surface area contributed by atoms with Gasteiger partial charge >= 0.3 is 0 Å². The van der Waals surface area contributed by atoms with Crippen LogP contribution in [0.25, 0.3) is 6.08 Å². The number of carbonyl (C=O) groups is 2. The Kier molecular flexibility index (Phi) is 8.47. The highest BCUT2D eigenvalue weighted by molar-refractivity contribution is 8.27. The molecule has 0 radical (unpaired) electrons. The van der Waals surface area contributed by atoms with Crippen LogP contribution < -0.4 is 24.4 Å². The first-order valence-corrected chi connectivity index (χ1v) is 12.8. The number of benzene rings is 3. The van der Waals surface area contributed by atoms with E-state index in [2.05, 4.69) is 5.32 Å². The summed E-state index contributed by atoms with van der Waals surface area (Å²) >= 11 is 6.70. The zero-order valence-electron chi connectivity index (χ0n) is 20.6. The van der Waals surface area contributed by atoms with Crippen molar-refractivity contribution in [3.05, 3.63) is 82.8 Å². The van der Waals surface area contributed by atoms with Gasteiger partial charge in [0.15, 0.2) is 22.4 Å². The van der Waals surface area contributed by atoms with E-state index in [1.807, 2.05) is 38.1 Å². The number of aryl methyl sites for hydroxylation is 1. The van der Waals surface area contributed by atoms with Gasteiger partial charge in [-0.1, -0.05) is 42.2 Å². The monoisotopic (exact) mass is 534 g/mol. The van der Waals surface area contributed by atoms with E-state index in [1.54, 1.807) is 55.7 Å². The molecular formula is C28H26N2O5S2. The standard InChI is InChI=1S/C28H26N2O5S2/c1-4-34-24-15-19(8-13-23(24)35-17-26(31)29-20-7-5-6-18(2)14-20)16-25-27(32)30(28(36)37-25)21-9-11-22(33-3)12-10-21/h5-16H,4,17H2,1-3H3,(H,29,31)/b25-16-. The van der Waals surface area contributed by atoms with Gasteiger partial charge in [-0.3, -0.25) is 14.5 Å². The Bertz CT molecular complexity index is 1350. The molecule has 1 saturated heterocycles. The SMILES string of the molecule is CCOc1cc(/C=C2\SC(=S)N(c3ccc(OC)cc3)C2=O)ccc1OCC(=O)Nc1cccc(C)c1. The molecule has 3 aromatic carbocycles. The van der Waals surface area contributed by atoms with Crippen LogP contribution in [0.3, 0.4) is 0 Å². The lowest BCUT2D eigenvalue weighted by Gasteiger charge is -2.15. The molecule has 3 aromatic rings. The number of anilines is 2. The van der Waals surface area contributed by atoms with E-state index < -0.39 is 0 Å². The Morgan fingerprint density at radius 3 is 2.54 bits per heavy atom. The minimum atomic E-state index is -0.278. The molecule has 0 saturated carbocycles. The maximum absolute atomic E-state index is 13.1. The summed E-state index contributed by atoms with van der Waals surface area (Å²) in [6, 6.07) is 20.0. The lowest BCUT2D eigenvalue weighted by atomic mass is 10.1. The third-order valence-electron chi connectivity index (χ3n) is 5.35. The van der Waals surface area contributed by atoms with Crippen molar-refractivity contribution in [1.82, 2.24) is 0 Å². The second-order valence-electron chi connectivity index (χ2n) is 8.06. The van der Waals surface area contributed by atoms with Crippen LogP contribution in [-0.4, -0.2) is 36.5 Å². The van der Waals surface area contributed by atoms with Crippen molar-refractivity contribution in [2.45, 2.75) is 13.8 Å². The first kappa shape index (κ1) is 26.2. The summed E-state index contributed by atoms with van der Waals surface area (Å²) in [5, 5.41) is 2.82. The molecule has 7 nitrogen and oxygen atoms in total. The zero-order chi connectivity index (χ0) is 26.4. The van der Waals surface area contributed by atoms with Crippen molar-refractivity contribution >= 4 is 57.6 Å². The molecule has 190 valence electrons. The molecule has 37 heavy (non-hydrogen) atoms. The molecule has 1 fully saturated rings. The highest BCUT2D eigenvalue weighted by Gasteiger charge is 2.33. The number of carbonyl (C=O) groups excluding carboxylic acids is 2. The van der Waals surface area contributed by atoms with Gasteiger partial charge in [-0.15, -0.1) is 0 Å². The average molecular weight is 535 g/mol. The summed E-state index contributed by atoms with van der Waals surface area (Å²) in [7, 11) is 1.59. The van der Waals surface area contributed by atoms with Crippen LogP contribution in [0.2, 0.25) is 0 Å². The van der Waals surface area contributed by atoms with E-state index in [9.17, 15) is 9.59 Å². The van der Waals surface area contributed by atoms with Crippen molar-refractivity contribution in [1.29, 1.82) is 0 Å². The zero-order valence-corrected chi connectivity index (χ0v) is 22.3. The Hall–Kier alpha value is -3.82. The number of methoxy groups -OCH3 is 1. The number of thiocarbonyl (C=S) groups is 1. The Morgan fingerprint density at radius 1 is 1.05 bits per heavy atom. The minimum Gasteiger partial charge on any atom is -0.497 e. The molecule has 2 amide bonds.